The molecule has 0 spiro atoms. The zero-order chi connectivity index (χ0) is 23.7. The number of aromatic hydroxyl groups is 1. The summed E-state index contributed by atoms with van der Waals surface area (Å²) in [6, 6.07) is 1.81. The van der Waals surface area contributed by atoms with Crippen molar-refractivity contribution in [2.45, 2.75) is 91.6 Å². The molecule has 0 saturated carbocycles. The largest absolute Gasteiger partial charge is 0.508 e. The summed E-state index contributed by atoms with van der Waals surface area (Å²) in [5.41, 5.74) is 6.42. The molecule has 1 aliphatic heterocycles. The number of hydrogen-bond acceptors (Lipinski definition) is 4. The lowest BCUT2D eigenvalue weighted by atomic mass is 9.86. The van der Waals surface area contributed by atoms with Gasteiger partial charge in [0.05, 0.1) is 13.2 Å². The molecule has 0 bridgehead atoms. The molecule has 2 rings (SSSR count). The maximum Gasteiger partial charge on any atom is 0.126 e. The molecule has 4 heteroatoms. The van der Waals surface area contributed by atoms with Gasteiger partial charge >= 0.3 is 0 Å². The van der Waals surface area contributed by atoms with Crippen LogP contribution in [-0.2, 0) is 6.42 Å². The van der Waals surface area contributed by atoms with Crippen molar-refractivity contribution in [3.8, 4) is 11.5 Å². The van der Waals surface area contributed by atoms with Crippen LogP contribution in [0.5, 0.6) is 11.5 Å². The Kier molecular flexibility index (Phi) is 10.0. The topological polar surface area (TPSA) is 69.9 Å². The van der Waals surface area contributed by atoms with Crippen molar-refractivity contribution in [1.29, 1.82) is 0 Å². The van der Waals surface area contributed by atoms with Crippen molar-refractivity contribution in [2.24, 2.45) is 0 Å². The van der Waals surface area contributed by atoms with E-state index in [1.807, 2.05) is 26.0 Å². The summed E-state index contributed by atoms with van der Waals surface area (Å²) < 4.78 is 6.47. The van der Waals surface area contributed by atoms with Gasteiger partial charge < -0.3 is 20.1 Å². The first-order valence-corrected chi connectivity index (χ1v) is 11.9. The summed E-state index contributed by atoms with van der Waals surface area (Å²) in [4.78, 5) is 0. The van der Waals surface area contributed by atoms with Gasteiger partial charge in [0.15, 0.2) is 0 Å². The van der Waals surface area contributed by atoms with Crippen molar-refractivity contribution >= 4 is 0 Å². The van der Waals surface area contributed by atoms with Gasteiger partial charge in [0.25, 0.3) is 0 Å². The van der Waals surface area contributed by atoms with Crippen LogP contribution in [0.3, 0.4) is 0 Å². The molecule has 0 aromatic heterocycles. The number of hydrogen-bond donors (Lipinski definition) is 3. The number of allylic oxidation sites excluding steroid dienone is 5. The molecule has 1 aliphatic rings. The van der Waals surface area contributed by atoms with Crippen molar-refractivity contribution in [3.63, 3.8) is 0 Å². The van der Waals surface area contributed by atoms with Crippen molar-refractivity contribution in [2.75, 3.05) is 13.2 Å². The molecule has 0 aliphatic carbocycles. The Hall–Kier alpha value is -2.04. The number of aryl methyl sites for hydroxylation is 1. The van der Waals surface area contributed by atoms with E-state index in [-0.39, 0.29) is 18.8 Å². The van der Waals surface area contributed by atoms with Crippen molar-refractivity contribution < 1.29 is 20.1 Å². The van der Waals surface area contributed by atoms with E-state index in [0.29, 0.717) is 11.3 Å². The maximum atomic E-state index is 10.1. The number of fused-ring (bicyclic) bond motifs is 1. The second-order valence-corrected chi connectivity index (χ2v) is 9.59. The number of rotatable bonds is 11. The summed E-state index contributed by atoms with van der Waals surface area (Å²) in [5, 5.41) is 28.2. The van der Waals surface area contributed by atoms with Crippen LogP contribution >= 0.6 is 0 Å². The Morgan fingerprint density at radius 3 is 2.22 bits per heavy atom. The Balaban J connectivity index is 1.80. The molecule has 0 saturated heterocycles. The summed E-state index contributed by atoms with van der Waals surface area (Å²) >= 11 is 0. The van der Waals surface area contributed by atoms with Crippen molar-refractivity contribution in [3.05, 3.63) is 57.7 Å². The summed E-state index contributed by atoms with van der Waals surface area (Å²) in [6.45, 7) is 10.4. The zero-order valence-electron chi connectivity index (χ0n) is 20.6. The van der Waals surface area contributed by atoms with E-state index in [2.05, 4.69) is 32.9 Å². The Labute approximate surface area is 194 Å². The summed E-state index contributed by atoms with van der Waals surface area (Å²) in [6.07, 6.45) is 14.4. The average molecular weight is 443 g/mol. The minimum atomic E-state index is -0.163. The lowest BCUT2D eigenvalue weighted by Crippen LogP contribution is -2.36. The number of aliphatic hydroxyl groups excluding tert-OH is 2. The fraction of sp³-hybridized carbons (Fsp3) is 0.571. The number of ether oxygens (including phenoxy) is 1. The van der Waals surface area contributed by atoms with E-state index in [9.17, 15) is 5.11 Å². The molecule has 1 aromatic rings. The van der Waals surface area contributed by atoms with Crippen LogP contribution in [0.25, 0.3) is 0 Å². The molecular formula is C28H42O4. The first kappa shape index (κ1) is 26.2. The van der Waals surface area contributed by atoms with Crippen LogP contribution in [0.4, 0.5) is 0 Å². The third kappa shape index (κ3) is 7.53. The fourth-order valence-electron chi connectivity index (χ4n) is 4.31. The van der Waals surface area contributed by atoms with Crippen LogP contribution in [-0.4, -0.2) is 34.1 Å². The van der Waals surface area contributed by atoms with Gasteiger partial charge in [0, 0.05) is 5.56 Å². The van der Waals surface area contributed by atoms with E-state index >= 15 is 0 Å². The predicted molar refractivity (Wildman–Crippen MR) is 132 cm³/mol. The second-order valence-electron chi connectivity index (χ2n) is 9.59. The SMILES string of the molecule is C/C(=C\CC/C(C)=C/CCC1(C)CCc2c(C)c(O)cc(C)c2O1)CCC=C(CO)CO. The third-order valence-corrected chi connectivity index (χ3v) is 6.65. The van der Waals surface area contributed by atoms with E-state index in [4.69, 9.17) is 14.9 Å². The Morgan fingerprint density at radius 2 is 1.59 bits per heavy atom. The van der Waals surface area contributed by atoms with Crippen molar-refractivity contribution in [1.82, 2.24) is 0 Å². The number of phenols is 1. The molecule has 1 atom stereocenters. The molecule has 4 nitrogen and oxygen atoms in total. The van der Waals surface area contributed by atoms with Gasteiger partial charge in [-0.25, -0.2) is 0 Å². The van der Waals surface area contributed by atoms with Gasteiger partial charge in [-0.2, -0.15) is 0 Å². The minimum absolute atomic E-state index is 0.0668. The van der Waals surface area contributed by atoms with Gasteiger partial charge in [-0.3, -0.25) is 0 Å². The maximum absolute atomic E-state index is 10.1. The highest BCUT2D eigenvalue weighted by Gasteiger charge is 2.33. The predicted octanol–water partition coefficient (Wildman–Crippen LogP) is 6.24. The highest BCUT2D eigenvalue weighted by molar-refractivity contribution is 5.53. The lowest BCUT2D eigenvalue weighted by Gasteiger charge is -2.37. The van der Waals surface area contributed by atoms with Crippen LogP contribution in [0.15, 0.2) is 41.0 Å². The summed E-state index contributed by atoms with van der Waals surface area (Å²) in [5.74, 6) is 1.34. The molecule has 178 valence electrons. The molecule has 1 aromatic carbocycles. The minimum Gasteiger partial charge on any atom is -0.508 e. The van der Waals surface area contributed by atoms with E-state index in [1.54, 1.807) is 0 Å². The van der Waals surface area contributed by atoms with Crippen LogP contribution < -0.4 is 4.74 Å². The van der Waals surface area contributed by atoms with Gasteiger partial charge in [0.2, 0.25) is 0 Å². The van der Waals surface area contributed by atoms with Gasteiger partial charge in [0.1, 0.15) is 17.1 Å². The Bertz CT molecular complexity index is 857. The van der Waals surface area contributed by atoms with Gasteiger partial charge in [-0.05, 0) is 109 Å². The smallest absolute Gasteiger partial charge is 0.126 e. The third-order valence-electron chi connectivity index (χ3n) is 6.65. The number of aliphatic hydroxyl groups is 2. The first-order chi connectivity index (χ1) is 15.2. The second kappa shape index (κ2) is 12.3. The highest BCUT2D eigenvalue weighted by Crippen LogP contribution is 2.42. The first-order valence-electron chi connectivity index (χ1n) is 11.9. The molecule has 32 heavy (non-hydrogen) atoms. The van der Waals surface area contributed by atoms with E-state index < -0.39 is 0 Å². The van der Waals surface area contributed by atoms with E-state index in [1.165, 1.54) is 11.1 Å². The molecule has 0 amide bonds. The standard InChI is InChI=1S/C28H42O4/c1-20(11-7-13-24(18-29)19-30)9-6-10-21(2)12-8-15-28(5)16-14-25-23(4)26(31)17-22(3)27(25)32-28/h9,12-13,17,29-31H,6-8,10-11,14-16,18-19H2,1-5H3/b20-9+,21-12+. The van der Waals surface area contributed by atoms with E-state index in [0.717, 1.165) is 73.8 Å². The average Bonchev–Trinajstić information content (AvgIpc) is 2.75. The fourth-order valence-corrected chi connectivity index (χ4v) is 4.31. The number of phenolic OH excluding ortho intramolecular Hbond substituents is 1. The highest BCUT2D eigenvalue weighted by atomic mass is 16.5. The van der Waals surface area contributed by atoms with Crippen LogP contribution in [0.1, 0.15) is 82.4 Å². The molecule has 0 fully saturated rings. The summed E-state index contributed by atoms with van der Waals surface area (Å²) in [7, 11) is 0. The zero-order valence-corrected chi connectivity index (χ0v) is 20.6. The number of benzene rings is 1. The van der Waals surface area contributed by atoms with Gasteiger partial charge in [-0.1, -0.05) is 29.4 Å². The monoisotopic (exact) mass is 442 g/mol. The lowest BCUT2D eigenvalue weighted by molar-refractivity contribution is 0.0559. The van der Waals surface area contributed by atoms with Crippen LogP contribution in [0.2, 0.25) is 0 Å². The molecule has 1 unspecified atom stereocenters. The Morgan fingerprint density at radius 1 is 1.00 bits per heavy atom. The molecule has 1 heterocycles. The van der Waals surface area contributed by atoms with Gasteiger partial charge in [-0.15, -0.1) is 0 Å². The normalized spacial score (nSPS) is 18.8. The molecular weight excluding hydrogens is 400 g/mol. The quantitative estimate of drug-likeness (QED) is 0.355. The van der Waals surface area contributed by atoms with Crippen LogP contribution in [0, 0.1) is 13.8 Å². The molecule has 0 radical (unpaired) electrons. The molecule has 3 N–H and O–H groups in total.